The summed E-state index contributed by atoms with van der Waals surface area (Å²) in [7, 11) is -4.30. The first-order valence-electron chi connectivity index (χ1n) is 18.9. The zero-order chi connectivity index (χ0) is 36.8. The van der Waals surface area contributed by atoms with Gasteiger partial charge in [-0.1, -0.05) is 118 Å². The van der Waals surface area contributed by atoms with Crippen molar-refractivity contribution in [1.29, 1.82) is 0 Å². The number of ether oxygens (including phenoxy) is 2. The molecule has 0 saturated carbocycles. The van der Waals surface area contributed by atoms with Crippen LogP contribution in [0.5, 0.6) is 0 Å². The molecule has 2 atom stereocenters. The molecular weight excluding hydrogens is 651 g/mol. The molecule has 0 amide bonds. The number of allylic oxidation sites excluding steroid dienone is 14. The molecule has 2 unspecified atom stereocenters. The summed E-state index contributed by atoms with van der Waals surface area (Å²) in [6.07, 6.45) is 45.0. The minimum Gasteiger partial charge on any atom is -0.462 e. The van der Waals surface area contributed by atoms with Crippen LogP contribution in [0, 0.1) is 0 Å². The predicted molar refractivity (Wildman–Crippen MR) is 207 cm³/mol. The summed E-state index contributed by atoms with van der Waals surface area (Å²) >= 11 is 0. The van der Waals surface area contributed by atoms with Crippen LogP contribution in [0.3, 0.4) is 0 Å². The number of unbranched alkanes of at least 4 members (excludes halogenated alkanes) is 7. The zero-order valence-electron chi connectivity index (χ0n) is 31.3. The van der Waals surface area contributed by atoms with Crippen LogP contribution in [0.15, 0.2) is 85.1 Å². The number of rotatable bonds is 33. The predicted octanol–water partition coefficient (Wildman–Crippen LogP) is 11.5. The lowest BCUT2D eigenvalue weighted by Gasteiger charge is -2.19. The molecule has 50 heavy (non-hydrogen) atoms. The van der Waals surface area contributed by atoms with Crippen molar-refractivity contribution in [3.63, 3.8) is 0 Å². The van der Waals surface area contributed by atoms with Gasteiger partial charge in [0.15, 0.2) is 6.10 Å². The van der Waals surface area contributed by atoms with Gasteiger partial charge in [0.05, 0.1) is 13.2 Å². The van der Waals surface area contributed by atoms with Crippen LogP contribution in [0.25, 0.3) is 0 Å². The number of carbonyl (C=O) groups is 2. The third-order valence-electron chi connectivity index (χ3n) is 7.20. The number of phosphoric ester groups is 1. The highest BCUT2D eigenvalue weighted by Gasteiger charge is 2.25. The average molecular weight is 719 g/mol. The molecule has 0 bridgehead atoms. The molecule has 0 aliphatic carbocycles. The second kappa shape index (κ2) is 36.0. The van der Waals surface area contributed by atoms with Crippen molar-refractivity contribution in [1.82, 2.24) is 0 Å². The van der Waals surface area contributed by atoms with Crippen LogP contribution in [0.1, 0.15) is 136 Å². The van der Waals surface area contributed by atoms with Crippen molar-refractivity contribution in [3.05, 3.63) is 85.1 Å². The maximum atomic E-state index is 12.5. The largest absolute Gasteiger partial charge is 0.472 e. The van der Waals surface area contributed by atoms with E-state index in [1.54, 1.807) is 6.92 Å². The lowest BCUT2D eigenvalue weighted by Crippen LogP contribution is -2.29. The van der Waals surface area contributed by atoms with Crippen molar-refractivity contribution in [2.75, 3.05) is 19.8 Å². The van der Waals surface area contributed by atoms with Crippen LogP contribution in [-0.4, -0.2) is 42.8 Å². The second-order valence-corrected chi connectivity index (χ2v) is 13.3. The highest BCUT2D eigenvalue weighted by Crippen LogP contribution is 2.43. The molecule has 8 nitrogen and oxygen atoms in total. The molecule has 0 aromatic rings. The molecule has 0 radical (unpaired) electrons. The molecule has 0 aliphatic heterocycles. The fourth-order valence-corrected chi connectivity index (χ4v) is 5.27. The molecule has 0 saturated heterocycles. The van der Waals surface area contributed by atoms with Gasteiger partial charge >= 0.3 is 19.8 Å². The summed E-state index contributed by atoms with van der Waals surface area (Å²) in [5.41, 5.74) is 0. The molecule has 0 aliphatic rings. The second-order valence-electron chi connectivity index (χ2n) is 11.8. The SMILES string of the molecule is CC/C=C\C/C=C\C/C=C\C/C=C\CCCCC(=O)OC(COC(=O)CCCCCCC/C=C\C/C=C\C/C=C\CC)COP(=O)(O)OCC. The summed E-state index contributed by atoms with van der Waals surface area (Å²) in [4.78, 5) is 34.6. The Hall–Kier alpha value is -2.77. The van der Waals surface area contributed by atoms with Crippen molar-refractivity contribution in [2.45, 2.75) is 142 Å². The smallest absolute Gasteiger partial charge is 0.462 e. The summed E-state index contributed by atoms with van der Waals surface area (Å²) in [6.45, 7) is 5.14. The van der Waals surface area contributed by atoms with E-state index >= 15 is 0 Å². The molecule has 0 fully saturated rings. The van der Waals surface area contributed by atoms with Crippen molar-refractivity contribution >= 4 is 19.8 Å². The average Bonchev–Trinajstić information content (AvgIpc) is 3.09. The van der Waals surface area contributed by atoms with Gasteiger partial charge in [-0.15, -0.1) is 0 Å². The number of phosphoric acid groups is 1. The van der Waals surface area contributed by atoms with E-state index in [9.17, 15) is 19.0 Å². The highest BCUT2D eigenvalue weighted by atomic mass is 31.2. The Bertz CT molecular complexity index is 1090. The van der Waals surface area contributed by atoms with Crippen LogP contribution in [0.2, 0.25) is 0 Å². The van der Waals surface area contributed by atoms with Crippen LogP contribution >= 0.6 is 7.82 Å². The van der Waals surface area contributed by atoms with E-state index in [1.807, 2.05) is 0 Å². The summed E-state index contributed by atoms with van der Waals surface area (Å²) in [6, 6.07) is 0. The van der Waals surface area contributed by atoms with E-state index in [4.69, 9.17) is 18.5 Å². The van der Waals surface area contributed by atoms with E-state index < -0.39 is 32.5 Å². The Labute approximate surface area is 304 Å². The van der Waals surface area contributed by atoms with Crippen LogP contribution < -0.4 is 0 Å². The number of carbonyl (C=O) groups excluding carboxylic acids is 2. The van der Waals surface area contributed by atoms with Gasteiger partial charge in [-0.05, 0) is 90.4 Å². The fourth-order valence-electron chi connectivity index (χ4n) is 4.51. The van der Waals surface area contributed by atoms with E-state index in [0.29, 0.717) is 12.8 Å². The monoisotopic (exact) mass is 718 g/mol. The molecule has 284 valence electrons. The van der Waals surface area contributed by atoms with Gasteiger partial charge in [-0.25, -0.2) is 4.57 Å². The van der Waals surface area contributed by atoms with Crippen molar-refractivity contribution < 1.29 is 37.6 Å². The van der Waals surface area contributed by atoms with E-state index in [2.05, 4.69) is 98.9 Å². The van der Waals surface area contributed by atoms with E-state index in [-0.39, 0.29) is 26.1 Å². The maximum absolute atomic E-state index is 12.5. The Morgan fingerprint density at radius 2 is 0.960 bits per heavy atom. The minimum absolute atomic E-state index is 0.0157. The van der Waals surface area contributed by atoms with Crippen LogP contribution in [0.4, 0.5) is 0 Å². The highest BCUT2D eigenvalue weighted by molar-refractivity contribution is 7.47. The van der Waals surface area contributed by atoms with Gasteiger partial charge in [-0.3, -0.25) is 18.6 Å². The lowest BCUT2D eigenvalue weighted by atomic mass is 10.1. The van der Waals surface area contributed by atoms with Gasteiger partial charge in [-0.2, -0.15) is 0 Å². The summed E-state index contributed by atoms with van der Waals surface area (Å²) in [5, 5.41) is 0. The first-order valence-corrected chi connectivity index (χ1v) is 20.4. The van der Waals surface area contributed by atoms with Crippen LogP contribution in [-0.2, 0) is 32.7 Å². The third-order valence-corrected chi connectivity index (χ3v) is 8.26. The Kier molecular flexibility index (Phi) is 34.0. The first kappa shape index (κ1) is 47.2. The Morgan fingerprint density at radius 3 is 1.48 bits per heavy atom. The standard InChI is InChI=1S/C41H67O8P/c1-4-7-9-11-13-15-17-19-21-23-25-27-29-31-33-35-40(42)46-37-39(38-48-50(44,45)47-6-3)49-41(43)36-34-32-30-28-26-24-22-20-18-16-14-12-10-8-5-2/h7-10,13-16,19-22,26,28,39H,4-6,11-12,17-18,23-25,27,29-38H2,1-3H3,(H,44,45)/b9-7-,10-8-,15-13-,16-14-,21-19-,22-20-,28-26-. The molecule has 0 aromatic heterocycles. The third kappa shape index (κ3) is 35.1. The van der Waals surface area contributed by atoms with Gasteiger partial charge in [0.25, 0.3) is 0 Å². The molecule has 0 aromatic carbocycles. The molecule has 9 heteroatoms. The molecule has 0 rings (SSSR count). The lowest BCUT2D eigenvalue weighted by molar-refractivity contribution is -0.161. The Balaban J connectivity index is 4.28. The topological polar surface area (TPSA) is 108 Å². The molecule has 0 spiro atoms. The Morgan fingerprint density at radius 1 is 0.540 bits per heavy atom. The number of esters is 2. The van der Waals surface area contributed by atoms with Gasteiger partial charge in [0.1, 0.15) is 6.61 Å². The summed E-state index contributed by atoms with van der Waals surface area (Å²) < 4.78 is 32.5. The molecule has 0 heterocycles. The molecular formula is C41H67O8P. The first-order chi connectivity index (χ1) is 24.3. The van der Waals surface area contributed by atoms with Gasteiger partial charge < -0.3 is 14.4 Å². The number of hydrogen-bond acceptors (Lipinski definition) is 7. The van der Waals surface area contributed by atoms with E-state index in [0.717, 1.165) is 89.9 Å². The quantitative estimate of drug-likeness (QED) is 0.0309. The van der Waals surface area contributed by atoms with Crippen molar-refractivity contribution in [2.24, 2.45) is 0 Å². The maximum Gasteiger partial charge on any atom is 0.472 e. The minimum atomic E-state index is -4.30. The zero-order valence-corrected chi connectivity index (χ0v) is 32.2. The normalized spacial score (nSPS) is 14.4. The fraction of sp³-hybridized carbons (Fsp3) is 0.610. The molecule has 1 N–H and O–H groups in total. The summed E-state index contributed by atoms with van der Waals surface area (Å²) in [5.74, 6) is -0.878. The van der Waals surface area contributed by atoms with E-state index in [1.165, 1.54) is 0 Å². The van der Waals surface area contributed by atoms with Crippen molar-refractivity contribution in [3.8, 4) is 0 Å². The number of hydrogen-bond donors (Lipinski definition) is 1. The van der Waals surface area contributed by atoms with Gasteiger partial charge in [0, 0.05) is 12.8 Å². The van der Waals surface area contributed by atoms with Gasteiger partial charge in [0.2, 0.25) is 0 Å².